The van der Waals surface area contributed by atoms with Crippen molar-refractivity contribution in [2.45, 2.75) is 25.3 Å². The summed E-state index contributed by atoms with van der Waals surface area (Å²) in [5, 5.41) is 0.658. The highest BCUT2D eigenvalue weighted by Crippen LogP contribution is 2.31. The Morgan fingerprint density at radius 2 is 1.83 bits per heavy atom. The van der Waals surface area contributed by atoms with Crippen molar-refractivity contribution in [1.29, 1.82) is 0 Å². The second-order valence-corrected chi connectivity index (χ2v) is 10.8. The van der Waals surface area contributed by atoms with Crippen molar-refractivity contribution >= 4 is 31.6 Å². The smallest absolute Gasteiger partial charge is 0.279 e. The highest BCUT2D eigenvalue weighted by atomic mass is 32.2. The fourth-order valence-electron chi connectivity index (χ4n) is 3.78. The first-order chi connectivity index (χ1) is 14.4. The van der Waals surface area contributed by atoms with Crippen LogP contribution >= 0.6 is 11.3 Å². The number of sulfonamides is 1. The molecule has 0 radical (unpaired) electrons. The van der Waals surface area contributed by atoms with E-state index in [1.807, 2.05) is 36.4 Å². The summed E-state index contributed by atoms with van der Waals surface area (Å²) in [6.07, 6.45) is 4.02. The van der Waals surface area contributed by atoms with Gasteiger partial charge in [0.2, 0.25) is 10.0 Å². The van der Waals surface area contributed by atoms with Crippen LogP contribution < -0.4 is 4.74 Å². The van der Waals surface area contributed by atoms with Gasteiger partial charge in [0, 0.05) is 19.6 Å². The van der Waals surface area contributed by atoms with Crippen LogP contribution in [0.4, 0.5) is 0 Å². The molecular formula is C22H27N3O3S2. The Morgan fingerprint density at radius 1 is 1.13 bits per heavy atom. The number of ether oxygens (including phenoxy) is 1. The van der Waals surface area contributed by atoms with E-state index in [2.05, 4.69) is 22.0 Å². The molecule has 2 heterocycles. The van der Waals surface area contributed by atoms with Gasteiger partial charge in [0.25, 0.3) is 5.19 Å². The minimum atomic E-state index is -3.11. The fraction of sp³-hybridized carbons (Fsp3) is 0.409. The van der Waals surface area contributed by atoms with E-state index in [1.165, 1.54) is 16.1 Å². The maximum atomic E-state index is 11.7. The predicted molar refractivity (Wildman–Crippen MR) is 122 cm³/mol. The lowest BCUT2D eigenvalue weighted by Gasteiger charge is -2.35. The van der Waals surface area contributed by atoms with Crippen LogP contribution in [0.3, 0.4) is 0 Å². The highest BCUT2D eigenvalue weighted by molar-refractivity contribution is 7.88. The minimum absolute atomic E-state index is 0.121. The highest BCUT2D eigenvalue weighted by Gasteiger charge is 2.26. The number of thiazole rings is 1. The molecule has 0 atom stereocenters. The molecule has 1 saturated heterocycles. The van der Waals surface area contributed by atoms with Gasteiger partial charge in [-0.05, 0) is 62.2 Å². The summed E-state index contributed by atoms with van der Waals surface area (Å²) >= 11 is 1.55. The second kappa shape index (κ2) is 9.01. The van der Waals surface area contributed by atoms with Gasteiger partial charge in [0.1, 0.15) is 5.75 Å². The fourth-order valence-corrected chi connectivity index (χ4v) is 5.37. The third-order valence-corrected chi connectivity index (χ3v) is 7.97. The molecule has 0 unspecified atom stereocenters. The Labute approximate surface area is 182 Å². The number of fused-ring (bicyclic) bond motifs is 1. The van der Waals surface area contributed by atoms with Gasteiger partial charge < -0.3 is 9.64 Å². The van der Waals surface area contributed by atoms with Crippen LogP contribution in [-0.4, -0.2) is 61.6 Å². The Hall–Kier alpha value is -2.00. The zero-order chi connectivity index (χ0) is 21.1. The quantitative estimate of drug-likeness (QED) is 0.550. The Kier molecular flexibility index (Phi) is 6.38. The monoisotopic (exact) mass is 445 g/mol. The number of likely N-dealkylation sites (tertiary alicyclic amines) is 1. The van der Waals surface area contributed by atoms with E-state index in [0.29, 0.717) is 5.19 Å². The molecule has 0 saturated carbocycles. The van der Waals surface area contributed by atoms with Gasteiger partial charge in [-0.3, -0.25) is 0 Å². The topological polar surface area (TPSA) is 62.7 Å². The van der Waals surface area contributed by atoms with Crippen LogP contribution in [0.25, 0.3) is 10.2 Å². The molecule has 8 heteroatoms. The normalized spacial score (nSPS) is 16.4. The van der Waals surface area contributed by atoms with Gasteiger partial charge in [-0.15, -0.1) is 0 Å². The molecule has 0 aliphatic carbocycles. The molecule has 0 N–H and O–H groups in total. The molecule has 0 bridgehead atoms. The number of piperidine rings is 1. The SMILES string of the molecule is CN(C1CCN(CCc2ccc(Oc3nc4ccccc4s3)cc2)CC1)S(C)(=O)=O. The van der Waals surface area contributed by atoms with E-state index in [9.17, 15) is 8.42 Å². The van der Waals surface area contributed by atoms with E-state index in [1.54, 1.807) is 18.4 Å². The summed E-state index contributed by atoms with van der Waals surface area (Å²) in [7, 11) is -1.42. The van der Waals surface area contributed by atoms with Crippen LogP contribution in [0, 0.1) is 0 Å². The van der Waals surface area contributed by atoms with Gasteiger partial charge in [0.15, 0.2) is 0 Å². The Morgan fingerprint density at radius 3 is 2.50 bits per heavy atom. The average Bonchev–Trinajstić information content (AvgIpc) is 3.15. The summed E-state index contributed by atoms with van der Waals surface area (Å²) < 4.78 is 32.0. The van der Waals surface area contributed by atoms with Crippen LogP contribution in [0.2, 0.25) is 0 Å². The molecule has 1 fully saturated rings. The van der Waals surface area contributed by atoms with Gasteiger partial charge >= 0.3 is 0 Å². The van der Waals surface area contributed by atoms with Crippen molar-refractivity contribution in [2.75, 3.05) is 32.9 Å². The van der Waals surface area contributed by atoms with Crippen molar-refractivity contribution in [2.24, 2.45) is 0 Å². The van der Waals surface area contributed by atoms with Crippen LogP contribution in [0.1, 0.15) is 18.4 Å². The average molecular weight is 446 g/mol. The summed E-state index contributed by atoms with van der Waals surface area (Å²) in [4.78, 5) is 6.92. The predicted octanol–water partition coefficient (Wildman–Crippen LogP) is 3.99. The third kappa shape index (κ3) is 5.18. The number of nitrogens with zero attached hydrogens (tertiary/aromatic N) is 3. The maximum Gasteiger partial charge on any atom is 0.279 e. The molecule has 6 nitrogen and oxygen atoms in total. The van der Waals surface area contributed by atoms with E-state index < -0.39 is 10.0 Å². The molecule has 160 valence electrons. The van der Waals surface area contributed by atoms with E-state index in [4.69, 9.17) is 4.74 Å². The lowest BCUT2D eigenvalue weighted by Crippen LogP contribution is -2.45. The molecular weight excluding hydrogens is 418 g/mol. The van der Waals surface area contributed by atoms with Crippen molar-refractivity contribution in [3.05, 3.63) is 54.1 Å². The number of rotatable bonds is 7. The number of hydrogen-bond donors (Lipinski definition) is 0. The summed E-state index contributed by atoms with van der Waals surface area (Å²) in [6, 6.07) is 16.3. The van der Waals surface area contributed by atoms with Crippen molar-refractivity contribution in [3.8, 4) is 10.9 Å². The van der Waals surface area contributed by atoms with Crippen molar-refractivity contribution < 1.29 is 13.2 Å². The third-order valence-electron chi connectivity index (χ3n) is 5.71. The first kappa shape index (κ1) is 21.2. The summed E-state index contributed by atoms with van der Waals surface area (Å²) in [5.41, 5.74) is 2.22. The molecule has 1 aromatic heterocycles. The number of hydrogen-bond acceptors (Lipinski definition) is 6. The molecule has 4 rings (SSSR count). The minimum Gasteiger partial charge on any atom is -0.431 e. The van der Waals surface area contributed by atoms with Crippen LogP contribution in [0.5, 0.6) is 10.9 Å². The van der Waals surface area contributed by atoms with Crippen molar-refractivity contribution in [1.82, 2.24) is 14.2 Å². The Bertz CT molecular complexity index is 1060. The summed E-state index contributed by atoms with van der Waals surface area (Å²) in [6.45, 7) is 2.85. The summed E-state index contributed by atoms with van der Waals surface area (Å²) in [5.74, 6) is 0.794. The zero-order valence-electron chi connectivity index (χ0n) is 17.3. The van der Waals surface area contributed by atoms with Crippen LogP contribution in [-0.2, 0) is 16.4 Å². The van der Waals surface area contributed by atoms with E-state index >= 15 is 0 Å². The number of para-hydroxylation sites is 1. The molecule has 1 aliphatic rings. The molecule has 2 aromatic carbocycles. The lowest BCUT2D eigenvalue weighted by atomic mass is 10.0. The van der Waals surface area contributed by atoms with Crippen molar-refractivity contribution in [3.63, 3.8) is 0 Å². The first-order valence-corrected chi connectivity index (χ1v) is 12.8. The lowest BCUT2D eigenvalue weighted by molar-refractivity contribution is 0.172. The largest absolute Gasteiger partial charge is 0.431 e. The van der Waals surface area contributed by atoms with Gasteiger partial charge in [0.05, 0.1) is 16.5 Å². The number of benzene rings is 2. The molecule has 0 spiro atoms. The molecule has 0 amide bonds. The van der Waals surface area contributed by atoms with Gasteiger partial charge in [-0.1, -0.05) is 35.6 Å². The first-order valence-electron chi connectivity index (χ1n) is 10.2. The van der Waals surface area contributed by atoms with Gasteiger partial charge in [-0.2, -0.15) is 0 Å². The number of aromatic nitrogens is 1. The van der Waals surface area contributed by atoms with Gasteiger partial charge in [-0.25, -0.2) is 17.7 Å². The molecule has 1 aliphatic heterocycles. The zero-order valence-corrected chi connectivity index (χ0v) is 19.0. The standard InChI is InChI=1S/C22H27N3O3S2/c1-24(30(2,26)27)18-12-15-25(16-13-18)14-11-17-7-9-19(10-8-17)28-22-23-20-5-3-4-6-21(20)29-22/h3-10,18H,11-16H2,1-2H3. The van der Waals surface area contributed by atoms with Crippen LogP contribution in [0.15, 0.2) is 48.5 Å². The van der Waals surface area contributed by atoms with E-state index in [0.717, 1.165) is 54.9 Å². The molecule has 3 aromatic rings. The maximum absolute atomic E-state index is 11.7. The second-order valence-electron chi connectivity index (χ2n) is 7.80. The Balaban J connectivity index is 1.26. The molecule has 30 heavy (non-hydrogen) atoms. The van der Waals surface area contributed by atoms with E-state index in [-0.39, 0.29) is 6.04 Å².